The number of aryl methyl sites for hydroxylation is 1. The Morgan fingerprint density at radius 1 is 1.10 bits per heavy atom. The van der Waals surface area contributed by atoms with Crippen molar-refractivity contribution in [2.24, 2.45) is 5.73 Å². The fourth-order valence-electron chi connectivity index (χ4n) is 1.72. The molecule has 0 unspecified atom stereocenters. The zero-order chi connectivity index (χ0) is 15.4. The van der Waals surface area contributed by atoms with Crippen molar-refractivity contribution in [1.29, 1.82) is 0 Å². The van der Waals surface area contributed by atoms with E-state index in [9.17, 15) is 14.0 Å². The van der Waals surface area contributed by atoms with Gasteiger partial charge in [0, 0.05) is 5.56 Å². The maximum Gasteiger partial charge on any atom is 0.338 e. The van der Waals surface area contributed by atoms with Gasteiger partial charge >= 0.3 is 5.97 Å². The largest absolute Gasteiger partial charge is 0.457 e. The second kappa shape index (κ2) is 6.17. The van der Waals surface area contributed by atoms with Crippen molar-refractivity contribution in [3.63, 3.8) is 0 Å². The van der Waals surface area contributed by atoms with Crippen molar-refractivity contribution in [1.82, 2.24) is 0 Å². The van der Waals surface area contributed by atoms with Crippen LogP contribution in [0.25, 0.3) is 0 Å². The number of halogens is 1. The maximum absolute atomic E-state index is 13.4. The molecule has 2 aromatic carbocycles. The molecule has 5 heteroatoms. The monoisotopic (exact) mass is 287 g/mol. The van der Waals surface area contributed by atoms with Crippen LogP contribution < -0.4 is 5.73 Å². The van der Waals surface area contributed by atoms with Crippen LogP contribution >= 0.6 is 0 Å². The molecule has 0 bridgehead atoms. The van der Waals surface area contributed by atoms with Crippen LogP contribution in [-0.4, -0.2) is 11.9 Å². The Morgan fingerprint density at radius 3 is 2.29 bits per heavy atom. The van der Waals surface area contributed by atoms with Gasteiger partial charge in [0.2, 0.25) is 5.91 Å². The summed E-state index contributed by atoms with van der Waals surface area (Å²) in [5, 5.41) is 0. The van der Waals surface area contributed by atoms with Gasteiger partial charge in [-0.1, -0.05) is 18.2 Å². The van der Waals surface area contributed by atoms with E-state index in [1.54, 1.807) is 31.2 Å². The number of benzene rings is 2. The number of hydrogen-bond acceptors (Lipinski definition) is 3. The van der Waals surface area contributed by atoms with Crippen molar-refractivity contribution in [3.05, 3.63) is 70.5 Å². The molecule has 2 rings (SSSR count). The van der Waals surface area contributed by atoms with Crippen LogP contribution in [0.4, 0.5) is 4.39 Å². The molecule has 0 saturated carbocycles. The highest BCUT2D eigenvalue weighted by molar-refractivity contribution is 5.92. The number of primary amides is 1. The number of carbonyl (C=O) groups excluding carboxylic acids is 2. The predicted molar refractivity (Wildman–Crippen MR) is 75.2 cm³/mol. The minimum atomic E-state index is -0.604. The molecule has 0 heterocycles. The van der Waals surface area contributed by atoms with E-state index in [2.05, 4.69) is 0 Å². The van der Waals surface area contributed by atoms with Gasteiger partial charge in [0.1, 0.15) is 12.4 Å². The number of ether oxygens (including phenoxy) is 1. The molecule has 0 saturated heterocycles. The van der Waals surface area contributed by atoms with E-state index in [0.29, 0.717) is 16.7 Å². The molecule has 0 aromatic heterocycles. The van der Waals surface area contributed by atoms with Crippen molar-refractivity contribution in [3.8, 4) is 0 Å². The lowest BCUT2D eigenvalue weighted by atomic mass is 10.1. The minimum absolute atomic E-state index is 0.0351. The quantitative estimate of drug-likeness (QED) is 0.879. The van der Waals surface area contributed by atoms with Gasteiger partial charge in [0.25, 0.3) is 0 Å². The number of hydrogen-bond donors (Lipinski definition) is 1. The second-order valence-electron chi connectivity index (χ2n) is 4.60. The van der Waals surface area contributed by atoms with Crippen LogP contribution in [0.15, 0.2) is 42.5 Å². The molecule has 0 radical (unpaired) electrons. The smallest absolute Gasteiger partial charge is 0.338 e. The summed E-state index contributed by atoms with van der Waals surface area (Å²) in [6, 6.07) is 10.6. The average Bonchev–Trinajstić information content (AvgIpc) is 2.48. The highest BCUT2D eigenvalue weighted by Crippen LogP contribution is 2.12. The van der Waals surface area contributed by atoms with Crippen molar-refractivity contribution < 1.29 is 18.7 Å². The van der Waals surface area contributed by atoms with Gasteiger partial charge in [-0.25, -0.2) is 9.18 Å². The molecule has 0 spiro atoms. The van der Waals surface area contributed by atoms with Gasteiger partial charge < -0.3 is 10.5 Å². The summed E-state index contributed by atoms with van der Waals surface area (Å²) in [5.74, 6) is -1.57. The molecule has 1 amide bonds. The molecular formula is C16H14FNO3. The summed E-state index contributed by atoms with van der Waals surface area (Å²) >= 11 is 0. The number of amides is 1. The van der Waals surface area contributed by atoms with Gasteiger partial charge in [0.05, 0.1) is 5.56 Å². The fraction of sp³-hybridized carbons (Fsp3) is 0.125. The van der Waals surface area contributed by atoms with Gasteiger partial charge in [-0.2, -0.15) is 0 Å². The predicted octanol–water partition coefficient (Wildman–Crippen LogP) is 2.59. The minimum Gasteiger partial charge on any atom is -0.457 e. The summed E-state index contributed by atoms with van der Waals surface area (Å²) in [6.45, 7) is 1.65. The first-order valence-electron chi connectivity index (χ1n) is 6.29. The standard InChI is InChI=1S/C16H14FNO3/c1-10-2-5-13(8-14(10)17)16(20)21-9-11-3-6-12(7-4-11)15(18)19/h2-8H,9H2,1H3,(H2,18,19). The summed E-state index contributed by atoms with van der Waals surface area (Å²) in [7, 11) is 0. The van der Waals surface area contributed by atoms with Crippen LogP contribution in [0.5, 0.6) is 0 Å². The number of esters is 1. The molecule has 0 fully saturated rings. The lowest BCUT2D eigenvalue weighted by Crippen LogP contribution is -2.11. The Hall–Kier alpha value is -2.69. The van der Waals surface area contributed by atoms with E-state index < -0.39 is 17.7 Å². The SMILES string of the molecule is Cc1ccc(C(=O)OCc2ccc(C(N)=O)cc2)cc1F. The average molecular weight is 287 g/mol. The first kappa shape index (κ1) is 14.7. The molecule has 108 valence electrons. The summed E-state index contributed by atoms with van der Waals surface area (Å²) < 4.78 is 18.5. The van der Waals surface area contributed by atoms with Crippen LogP contribution in [0, 0.1) is 12.7 Å². The molecule has 0 aliphatic carbocycles. The lowest BCUT2D eigenvalue weighted by molar-refractivity contribution is 0.0472. The van der Waals surface area contributed by atoms with Crippen molar-refractivity contribution in [2.45, 2.75) is 13.5 Å². The zero-order valence-corrected chi connectivity index (χ0v) is 11.4. The van der Waals surface area contributed by atoms with Crippen LogP contribution in [0.1, 0.15) is 31.8 Å². The second-order valence-corrected chi connectivity index (χ2v) is 4.60. The molecule has 0 aliphatic rings. The first-order chi connectivity index (χ1) is 9.97. The van der Waals surface area contributed by atoms with E-state index in [0.717, 1.165) is 6.07 Å². The molecule has 21 heavy (non-hydrogen) atoms. The molecule has 0 atom stereocenters. The normalized spacial score (nSPS) is 10.2. The van der Waals surface area contributed by atoms with E-state index in [1.165, 1.54) is 12.1 Å². The highest BCUT2D eigenvalue weighted by atomic mass is 19.1. The Kier molecular flexibility index (Phi) is 4.33. The summed E-state index contributed by atoms with van der Waals surface area (Å²) in [6.07, 6.45) is 0. The highest BCUT2D eigenvalue weighted by Gasteiger charge is 2.10. The van der Waals surface area contributed by atoms with Gasteiger partial charge in [0.15, 0.2) is 0 Å². The molecular weight excluding hydrogens is 273 g/mol. The van der Waals surface area contributed by atoms with E-state index in [4.69, 9.17) is 10.5 Å². The third kappa shape index (κ3) is 3.66. The van der Waals surface area contributed by atoms with Gasteiger partial charge in [-0.15, -0.1) is 0 Å². The number of rotatable bonds is 4. The Labute approximate surface area is 121 Å². The van der Waals surface area contributed by atoms with E-state index in [1.807, 2.05) is 0 Å². The lowest BCUT2D eigenvalue weighted by Gasteiger charge is -2.06. The Balaban J connectivity index is 2.00. The molecule has 2 N–H and O–H groups in total. The van der Waals surface area contributed by atoms with Crippen molar-refractivity contribution >= 4 is 11.9 Å². The van der Waals surface area contributed by atoms with E-state index in [-0.39, 0.29) is 12.2 Å². The summed E-state index contributed by atoms with van der Waals surface area (Å²) in [5.41, 5.74) is 6.84. The topological polar surface area (TPSA) is 69.4 Å². The number of carbonyl (C=O) groups is 2. The fourth-order valence-corrected chi connectivity index (χ4v) is 1.72. The third-order valence-electron chi connectivity index (χ3n) is 3.02. The van der Waals surface area contributed by atoms with Crippen LogP contribution in [0.3, 0.4) is 0 Å². The molecule has 4 nitrogen and oxygen atoms in total. The van der Waals surface area contributed by atoms with E-state index >= 15 is 0 Å². The summed E-state index contributed by atoms with van der Waals surface area (Å²) in [4.78, 5) is 22.7. The van der Waals surface area contributed by atoms with Gasteiger partial charge in [-0.3, -0.25) is 4.79 Å². The van der Waals surface area contributed by atoms with Crippen molar-refractivity contribution in [2.75, 3.05) is 0 Å². The number of nitrogens with two attached hydrogens (primary N) is 1. The van der Waals surface area contributed by atoms with Gasteiger partial charge in [-0.05, 0) is 42.3 Å². The Bertz CT molecular complexity index is 680. The first-order valence-corrected chi connectivity index (χ1v) is 6.29. The zero-order valence-electron chi connectivity index (χ0n) is 11.4. The third-order valence-corrected chi connectivity index (χ3v) is 3.02. The Morgan fingerprint density at radius 2 is 1.71 bits per heavy atom. The molecule has 0 aliphatic heterocycles. The van der Waals surface area contributed by atoms with Crippen LogP contribution in [0.2, 0.25) is 0 Å². The maximum atomic E-state index is 13.4. The molecule has 2 aromatic rings. The van der Waals surface area contributed by atoms with Crippen LogP contribution in [-0.2, 0) is 11.3 Å².